The highest BCUT2D eigenvalue weighted by molar-refractivity contribution is 7.09. The number of nitrogens with two attached hydrogens (primary N) is 1. The second-order valence-electron chi connectivity index (χ2n) is 3.99. The molecule has 3 nitrogen and oxygen atoms in total. The van der Waals surface area contributed by atoms with Crippen molar-refractivity contribution in [1.82, 2.24) is 4.98 Å². The third-order valence-corrected chi connectivity index (χ3v) is 3.56. The van der Waals surface area contributed by atoms with Gasteiger partial charge in [-0.2, -0.15) is 0 Å². The Kier molecular flexibility index (Phi) is 3.64. The summed E-state index contributed by atoms with van der Waals surface area (Å²) in [6, 6.07) is 7.98. The molecule has 0 saturated heterocycles. The predicted octanol–water partition coefficient (Wildman–Crippen LogP) is 3.06. The first-order valence-corrected chi connectivity index (χ1v) is 6.58. The highest BCUT2D eigenvalue weighted by atomic mass is 32.1. The van der Waals surface area contributed by atoms with Crippen molar-refractivity contribution in [2.45, 2.75) is 20.4 Å². The Hall–Kier alpha value is -1.55. The highest BCUT2D eigenvalue weighted by Gasteiger charge is 2.07. The number of thiazole rings is 1. The van der Waals surface area contributed by atoms with E-state index in [1.54, 1.807) is 11.3 Å². The number of anilines is 2. The van der Waals surface area contributed by atoms with Crippen molar-refractivity contribution in [1.29, 1.82) is 0 Å². The number of nitrogen functional groups attached to an aromatic ring is 1. The summed E-state index contributed by atoms with van der Waals surface area (Å²) in [5.41, 5.74) is 8.86. The lowest BCUT2D eigenvalue weighted by molar-refractivity contribution is 0.823. The molecular formula is C13H17N3S. The van der Waals surface area contributed by atoms with E-state index in [1.165, 1.54) is 0 Å². The van der Waals surface area contributed by atoms with Crippen molar-refractivity contribution in [2.24, 2.45) is 0 Å². The van der Waals surface area contributed by atoms with Crippen LogP contribution in [0.2, 0.25) is 0 Å². The van der Waals surface area contributed by atoms with Gasteiger partial charge in [0, 0.05) is 29.0 Å². The lowest BCUT2D eigenvalue weighted by atomic mass is 10.2. The zero-order valence-electron chi connectivity index (χ0n) is 10.2. The summed E-state index contributed by atoms with van der Waals surface area (Å²) in [6.07, 6.45) is 0. The molecule has 0 saturated carbocycles. The minimum atomic E-state index is 0.802. The van der Waals surface area contributed by atoms with E-state index in [1.807, 2.05) is 25.1 Å². The molecule has 2 rings (SSSR count). The Balaban J connectivity index is 2.16. The van der Waals surface area contributed by atoms with Gasteiger partial charge in [-0.1, -0.05) is 6.07 Å². The van der Waals surface area contributed by atoms with Crippen LogP contribution in [0.25, 0.3) is 0 Å². The van der Waals surface area contributed by atoms with E-state index in [9.17, 15) is 0 Å². The number of hydrogen-bond acceptors (Lipinski definition) is 4. The van der Waals surface area contributed by atoms with Crippen LogP contribution >= 0.6 is 11.3 Å². The van der Waals surface area contributed by atoms with E-state index in [0.29, 0.717) is 0 Å². The fourth-order valence-electron chi connectivity index (χ4n) is 1.75. The average Bonchev–Trinajstić information content (AvgIpc) is 2.72. The first-order chi connectivity index (χ1) is 8.19. The molecule has 0 bridgehead atoms. The van der Waals surface area contributed by atoms with E-state index in [-0.39, 0.29) is 0 Å². The normalized spacial score (nSPS) is 10.5. The Morgan fingerprint density at radius 3 is 2.82 bits per heavy atom. The minimum Gasteiger partial charge on any atom is -0.399 e. The van der Waals surface area contributed by atoms with Crippen molar-refractivity contribution >= 4 is 22.7 Å². The Morgan fingerprint density at radius 2 is 2.24 bits per heavy atom. The van der Waals surface area contributed by atoms with E-state index in [0.717, 1.165) is 35.2 Å². The minimum absolute atomic E-state index is 0.802. The van der Waals surface area contributed by atoms with Crippen molar-refractivity contribution in [2.75, 3.05) is 17.2 Å². The summed E-state index contributed by atoms with van der Waals surface area (Å²) >= 11 is 1.71. The second kappa shape index (κ2) is 5.19. The molecule has 0 aliphatic rings. The molecule has 2 aromatic rings. The first-order valence-electron chi connectivity index (χ1n) is 5.70. The average molecular weight is 247 g/mol. The van der Waals surface area contributed by atoms with Gasteiger partial charge >= 0.3 is 0 Å². The molecule has 1 aromatic carbocycles. The molecule has 2 N–H and O–H groups in total. The van der Waals surface area contributed by atoms with Crippen LogP contribution in [0.1, 0.15) is 17.6 Å². The zero-order valence-corrected chi connectivity index (χ0v) is 11.0. The molecule has 0 unspecified atom stereocenters. The molecule has 1 heterocycles. The monoisotopic (exact) mass is 247 g/mol. The summed E-state index contributed by atoms with van der Waals surface area (Å²) < 4.78 is 0. The number of benzene rings is 1. The smallest absolute Gasteiger partial charge is 0.112 e. The van der Waals surface area contributed by atoms with Gasteiger partial charge in [0.15, 0.2) is 0 Å². The van der Waals surface area contributed by atoms with Gasteiger partial charge < -0.3 is 10.6 Å². The van der Waals surface area contributed by atoms with Crippen LogP contribution in [0.15, 0.2) is 29.6 Å². The van der Waals surface area contributed by atoms with Crippen molar-refractivity contribution in [3.05, 3.63) is 40.3 Å². The summed E-state index contributed by atoms with van der Waals surface area (Å²) in [7, 11) is 0. The fraction of sp³-hybridized carbons (Fsp3) is 0.308. The lowest BCUT2D eigenvalue weighted by Gasteiger charge is -2.22. The molecular weight excluding hydrogens is 230 g/mol. The summed E-state index contributed by atoms with van der Waals surface area (Å²) in [5, 5.41) is 3.23. The van der Waals surface area contributed by atoms with Gasteiger partial charge in [-0.3, -0.25) is 0 Å². The molecule has 0 aliphatic carbocycles. The quantitative estimate of drug-likeness (QED) is 0.844. The first kappa shape index (κ1) is 11.9. The molecule has 0 amide bonds. The van der Waals surface area contributed by atoms with Gasteiger partial charge in [0.25, 0.3) is 0 Å². The van der Waals surface area contributed by atoms with Crippen LogP contribution in [0.5, 0.6) is 0 Å². The van der Waals surface area contributed by atoms with E-state index >= 15 is 0 Å². The molecule has 0 atom stereocenters. The topological polar surface area (TPSA) is 42.2 Å². The number of hydrogen-bond donors (Lipinski definition) is 1. The molecule has 90 valence electrons. The Bertz CT molecular complexity index is 493. The van der Waals surface area contributed by atoms with Crippen LogP contribution in [0.3, 0.4) is 0 Å². The summed E-state index contributed by atoms with van der Waals surface area (Å²) in [4.78, 5) is 6.76. The largest absolute Gasteiger partial charge is 0.399 e. The lowest BCUT2D eigenvalue weighted by Crippen LogP contribution is -2.21. The van der Waals surface area contributed by atoms with E-state index < -0.39 is 0 Å². The van der Waals surface area contributed by atoms with Gasteiger partial charge in [-0.05, 0) is 32.0 Å². The van der Waals surface area contributed by atoms with Crippen molar-refractivity contribution in [3.8, 4) is 0 Å². The van der Waals surface area contributed by atoms with Gasteiger partial charge in [0.1, 0.15) is 5.01 Å². The number of aryl methyl sites for hydroxylation is 1. The third kappa shape index (κ3) is 2.97. The Labute approximate surface area is 106 Å². The second-order valence-corrected chi connectivity index (χ2v) is 4.93. The van der Waals surface area contributed by atoms with Crippen LogP contribution < -0.4 is 10.6 Å². The maximum atomic E-state index is 5.81. The molecule has 0 radical (unpaired) electrons. The van der Waals surface area contributed by atoms with Gasteiger partial charge in [0.05, 0.1) is 6.54 Å². The van der Waals surface area contributed by atoms with Crippen molar-refractivity contribution < 1.29 is 0 Å². The van der Waals surface area contributed by atoms with Crippen LogP contribution in [0, 0.1) is 6.92 Å². The number of rotatable bonds is 4. The van der Waals surface area contributed by atoms with Gasteiger partial charge in [-0.15, -0.1) is 11.3 Å². The summed E-state index contributed by atoms with van der Waals surface area (Å²) in [6.45, 7) is 5.96. The number of aromatic nitrogens is 1. The van der Waals surface area contributed by atoms with Gasteiger partial charge in [0.2, 0.25) is 0 Å². The molecule has 4 heteroatoms. The zero-order chi connectivity index (χ0) is 12.3. The Morgan fingerprint density at radius 1 is 1.41 bits per heavy atom. The molecule has 0 fully saturated rings. The molecule has 17 heavy (non-hydrogen) atoms. The maximum Gasteiger partial charge on any atom is 0.112 e. The summed E-state index contributed by atoms with van der Waals surface area (Å²) in [5.74, 6) is 0. The van der Waals surface area contributed by atoms with E-state index in [2.05, 4.69) is 28.3 Å². The fourth-order valence-corrected chi connectivity index (χ4v) is 2.53. The van der Waals surface area contributed by atoms with Crippen LogP contribution in [-0.2, 0) is 6.54 Å². The third-order valence-electron chi connectivity index (χ3n) is 2.61. The van der Waals surface area contributed by atoms with Crippen LogP contribution in [0.4, 0.5) is 11.4 Å². The van der Waals surface area contributed by atoms with Crippen LogP contribution in [-0.4, -0.2) is 11.5 Å². The molecule has 0 aliphatic heterocycles. The molecule has 0 spiro atoms. The molecule has 1 aromatic heterocycles. The highest BCUT2D eigenvalue weighted by Crippen LogP contribution is 2.20. The number of nitrogens with zero attached hydrogens (tertiary/aromatic N) is 2. The van der Waals surface area contributed by atoms with Crippen molar-refractivity contribution in [3.63, 3.8) is 0 Å². The standard InChI is InChI=1S/C13H17N3S/c1-3-16(8-13-15-10(2)9-17-13)12-6-4-5-11(14)7-12/h4-7,9H,3,8,14H2,1-2H3. The SMILES string of the molecule is CCN(Cc1nc(C)cs1)c1cccc(N)c1. The maximum absolute atomic E-state index is 5.81. The van der Waals surface area contributed by atoms with E-state index in [4.69, 9.17) is 5.73 Å². The van der Waals surface area contributed by atoms with Gasteiger partial charge in [-0.25, -0.2) is 4.98 Å². The predicted molar refractivity (Wildman–Crippen MR) is 74.4 cm³/mol.